The molecule has 1 heterocycles. The zero-order valence-corrected chi connectivity index (χ0v) is 17.2. The number of pyridine rings is 1. The molecule has 3 aromatic rings. The number of anilines is 1. The van der Waals surface area contributed by atoms with E-state index in [2.05, 4.69) is 5.32 Å². The predicted octanol–water partition coefficient (Wildman–Crippen LogP) is 4.43. The number of ether oxygens (including phenoxy) is 1. The van der Waals surface area contributed by atoms with Crippen molar-refractivity contribution in [3.05, 3.63) is 82.3 Å². The van der Waals surface area contributed by atoms with Crippen molar-refractivity contribution in [1.29, 1.82) is 0 Å². The summed E-state index contributed by atoms with van der Waals surface area (Å²) in [6.45, 7) is 2.54. The van der Waals surface area contributed by atoms with Crippen molar-refractivity contribution >= 4 is 11.6 Å². The number of aromatic nitrogens is 1. The number of fused-ring (bicyclic) bond motifs is 1. The molecule has 1 aromatic heterocycles. The Bertz CT molecular complexity index is 1090. The summed E-state index contributed by atoms with van der Waals surface area (Å²) in [6, 6.07) is 19.0. The van der Waals surface area contributed by atoms with E-state index in [0.29, 0.717) is 12.3 Å². The lowest BCUT2D eigenvalue weighted by molar-refractivity contribution is -0.116. The van der Waals surface area contributed by atoms with Crippen LogP contribution < -0.4 is 15.6 Å². The highest BCUT2D eigenvalue weighted by atomic mass is 16.5. The molecule has 4 rings (SSSR count). The van der Waals surface area contributed by atoms with Crippen LogP contribution in [0.25, 0.3) is 11.1 Å². The molecule has 1 N–H and O–H groups in total. The van der Waals surface area contributed by atoms with E-state index in [1.54, 1.807) is 22.8 Å². The van der Waals surface area contributed by atoms with Crippen LogP contribution >= 0.6 is 0 Å². The van der Waals surface area contributed by atoms with E-state index in [1.165, 1.54) is 5.56 Å². The average molecular weight is 402 g/mol. The average Bonchev–Trinajstić information content (AvgIpc) is 2.77. The number of hydrogen-bond donors (Lipinski definition) is 1. The quantitative estimate of drug-likeness (QED) is 0.663. The number of carbonyl (C=O) groups is 1. The number of amides is 1. The largest absolute Gasteiger partial charge is 0.494 e. The molecule has 2 aromatic carbocycles. The molecule has 0 spiro atoms. The van der Waals surface area contributed by atoms with Crippen LogP contribution in [0.4, 0.5) is 5.69 Å². The Balaban J connectivity index is 1.60. The first-order chi connectivity index (χ1) is 14.7. The lowest BCUT2D eigenvalue weighted by Gasteiger charge is -2.24. The fourth-order valence-corrected chi connectivity index (χ4v) is 4.09. The van der Waals surface area contributed by atoms with E-state index in [0.717, 1.165) is 48.3 Å². The number of carbonyl (C=O) groups excluding carboxylic acids is 1. The second kappa shape index (κ2) is 8.99. The Kier molecular flexibility index (Phi) is 5.98. The van der Waals surface area contributed by atoms with Gasteiger partial charge in [0.05, 0.1) is 6.61 Å². The minimum Gasteiger partial charge on any atom is -0.494 e. The molecule has 0 atom stereocenters. The van der Waals surface area contributed by atoms with E-state index in [1.807, 2.05) is 49.4 Å². The molecule has 0 saturated carbocycles. The zero-order chi connectivity index (χ0) is 20.9. The van der Waals surface area contributed by atoms with Crippen molar-refractivity contribution in [2.45, 2.75) is 39.2 Å². The van der Waals surface area contributed by atoms with Crippen molar-refractivity contribution in [2.75, 3.05) is 11.9 Å². The van der Waals surface area contributed by atoms with Gasteiger partial charge in [0.15, 0.2) is 0 Å². The molecule has 0 bridgehead atoms. The molecule has 30 heavy (non-hydrogen) atoms. The second-order valence-corrected chi connectivity index (χ2v) is 7.49. The molecule has 1 aliphatic carbocycles. The van der Waals surface area contributed by atoms with Gasteiger partial charge in [-0.1, -0.05) is 30.3 Å². The summed E-state index contributed by atoms with van der Waals surface area (Å²) in [6.07, 6.45) is 3.89. The molecule has 0 fully saturated rings. The maximum atomic E-state index is 13.0. The highest BCUT2D eigenvalue weighted by Crippen LogP contribution is 2.30. The molecular weight excluding hydrogens is 376 g/mol. The van der Waals surface area contributed by atoms with Crippen LogP contribution in [0.2, 0.25) is 0 Å². The van der Waals surface area contributed by atoms with Gasteiger partial charge >= 0.3 is 0 Å². The summed E-state index contributed by atoms with van der Waals surface area (Å²) in [5, 5.41) is 2.89. The molecule has 0 saturated heterocycles. The van der Waals surface area contributed by atoms with Gasteiger partial charge in [-0.15, -0.1) is 0 Å². The van der Waals surface area contributed by atoms with E-state index >= 15 is 0 Å². The molecule has 0 aliphatic heterocycles. The fraction of sp³-hybridized carbons (Fsp3) is 0.280. The predicted molar refractivity (Wildman–Crippen MR) is 119 cm³/mol. The van der Waals surface area contributed by atoms with Gasteiger partial charge in [0.25, 0.3) is 5.56 Å². The first kappa shape index (κ1) is 20.0. The van der Waals surface area contributed by atoms with Crippen molar-refractivity contribution in [3.8, 4) is 16.9 Å². The highest BCUT2D eigenvalue weighted by molar-refractivity contribution is 5.90. The van der Waals surface area contributed by atoms with Crippen LogP contribution in [0.1, 0.15) is 31.0 Å². The number of nitrogens with zero attached hydrogens (tertiary/aromatic N) is 1. The van der Waals surface area contributed by atoms with Gasteiger partial charge in [0.1, 0.15) is 12.3 Å². The smallest absolute Gasteiger partial charge is 0.251 e. The van der Waals surface area contributed by atoms with Gasteiger partial charge in [-0.25, -0.2) is 0 Å². The van der Waals surface area contributed by atoms with E-state index in [4.69, 9.17) is 4.74 Å². The molecule has 0 unspecified atom stereocenters. The third-order valence-electron chi connectivity index (χ3n) is 5.46. The standard InChI is InChI=1S/C25H26N2O3/c1-2-30-20-14-12-19(13-15-20)26-24(28)17-27-23-11-7-6-10-21(23)22(16-25(27)29)18-8-4-3-5-9-18/h3-5,8-9,12-16H,2,6-7,10-11,17H2,1H3,(H,26,28). The fourth-order valence-electron chi connectivity index (χ4n) is 4.09. The van der Waals surface area contributed by atoms with Crippen LogP contribution in [0.3, 0.4) is 0 Å². The molecule has 5 heteroatoms. The normalized spacial score (nSPS) is 12.8. The van der Waals surface area contributed by atoms with Crippen molar-refractivity contribution < 1.29 is 9.53 Å². The van der Waals surface area contributed by atoms with Crippen molar-refractivity contribution in [1.82, 2.24) is 4.57 Å². The van der Waals surface area contributed by atoms with Gasteiger partial charge in [0, 0.05) is 17.4 Å². The number of benzene rings is 2. The first-order valence-corrected chi connectivity index (χ1v) is 10.5. The number of rotatable bonds is 6. The topological polar surface area (TPSA) is 60.3 Å². The Morgan fingerprint density at radius 2 is 1.77 bits per heavy atom. The molecule has 0 radical (unpaired) electrons. The van der Waals surface area contributed by atoms with Crippen LogP contribution in [0.5, 0.6) is 5.75 Å². The summed E-state index contributed by atoms with van der Waals surface area (Å²) in [7, 11) is 0. The summed E-state index contributed by atoms with van der Waals surface area (Å²) >= 11 is 0. The molecule has 5 nitrogen and oxygen atoms in total. The number of hydrogen-bond acceptors (Lipinski definition) is 3. The summed E-state index contributed by atoms with van der Waals surface area (Å²) in [4.78, 5) is 25.6. The summed E-state index contributed by atoms with van der Waals surface area (Å²) in [5.41, 5.74) is 4.80. The third kappa shape index (κ3) is 4.30. The Morgan fingerprint density at radius 3 is 2.50 bits per heavy atom. The highest BCUT2D eigenvalue weighted by Gasteiger charge is 2.21. The van der Waals surface area contributed by atoms with E-state index in [9.17, 15) is 9.59 Å². The lowest BCUT2D eigenvalue weighted by Crippen LogP contribution is -2.32. The maximum absolute atomic E-state index is 13.0. The van der Waals surface area contributed by atoms with Crippen LogP contribution in [-0.2, 0) is 24.2 Å². The van der Waals surface area contributed by atoms with Gasteiger partial charge in [-0.05, 0) is 73.6 Å². The summed E-state index contributed by atoms with van der Waals surface area (Å²) in [5.74, 6) is 0.554. The van der Waals surface area contributed by atoms with Crippen molar-refractivity contribution in [2.24, 2.45) is 0 Å². The zero-order valence-electron chi connectivity index (χ0n) is 17.2. The molecule has 1 aliphatic rings. The molecule has 154 valence electrons. The summed E-state index contributed by atoms with van der Waals surface area (Å²) < 4.78 is 7.07. The monoisotopic (exact) mass is 402 g/mol. The third-order valence-corrected chi connectivity index (χ3v) is 5.46. The minimum atomic E-state index is -0.207. The molecular formula is C25H26N2O3. The van der Waals surface area contributed by atoms with Gasteiger partial charge in [0.2, 0.25) is 5.91 Å². The van der Waals surface area contributed by atoms with Crippen LogP contribution in [0, 0.1) is 0 Å². The lowest BCUT2D eigenvalue weighted by atomic mass is 9.89. The van der Waals surface area contributed by atoms with Gasteiger partial charge in [-0.2, -0.15) is 0 Å². The Labute approximate surface area is 176 Å². The Hall–Kier alpha value is -3.34. The van der Waals surface area contributed by atoms with Crippen molar-refractivity contribution in [3.63, 3.8) is 0 Å². The second-order valence-electron chi connectivity index (χ2n) is 7.49. The van der Waals surface area contributed by atoms with Gasteiger partial charge in [-0.3, -0.25) is 9.59 Å². The maximum Gasteiger partial charge on any atom is 0.251 e. The van der Waals surface area contributed by atoms with Crippen LogP contribution in [0.15, 0.2) is 65.5 Å². The molecule has 1 amide bonds. The van der Waals surface area contributed by atoms with E-state index in [-0.39, 0.29) is 18.0 Å². The van der Waals surface area contributed by atoms with E-state index < -0.39 is 0 Å². The Morgan fingerprint density at radius 1 is 1.03 bits per heavy atom. The number of nitrogens with one attached hydrogen (secondary N) is 1. The SMILES string of the molecule is CCOc1ccc(NC(=O)Cn2c3c(c(-c4ccccc4)cc2=O)CCCC3)cc1. The van der Waals surface area contributed by atoms with Gasteiger partial charge < -0.3 is 14.6 Å². The first-order valence-electron chi connectivity index (χ1n) is 10.5. The minimum absolute atomic E-state index is 0.0173. The van der Waals surface area contributed by atoms with Crippen LogP contribution in [-0.4, -0.2) is 17.1 Å².